The molecule has 0 aromatic heterocycles. The maximum Gasteiger partial charge on any atom is -0.0223 e. The van der Waals surface area contributed by atoms with Gasteiger partial charge in [-0.05, 0) is 37.2 Å². The Kier molecular flexibility index (Phi) is 1.40. The van der Waals surface area contributed by atoms with Gasteiger partial charge in [-0.3, -0.25) is 0 Å². The fourth-order valence-corrected chi connectivity index (χ4v) is 2.09. The molecule has 54 valence electrons. The zero-order valence-corrected chi connectivity index (χ0v) is 6.56. The molecule has 0 aromatic carbocycles. The lowest BCUT2D eigenvalue weighted by atomic mass is 9.95. The smallest absolute Gasteiger partial charge is 0.0223 e. The first-order chi connectivity index (χ1) is 4.88. The van der Waals surface area contributed by atoms with Crippen LogP contribution in [0, 0.1) is 5.92 Å². The summed E-state index contributed by atoms with van der Waals surface area (Å²) >= 11 is 0. The number of hydrogen-bond donors (Lipinski definition) is 0. The second-order valence-electron chi connectivity index (χ2n) is 3.43. The summed E-state index contributed by atoms with van der Waals surface area (Å²) in [5, 5.41) is 0. The SMILES string of the molecule is CC1CCC2=C1CCC=C2. The zero-order chi connectivity index (χ0) is 6.97. The van der Waals surface area contributed by atoms with Crippen molar-refractivity contribution in [2.24, 2.45) is 5.92 Å². The Balaban J connectivity index is 2.29. The third-order valence-electron chi connectivity index (χ3n) is 2.75. The van der Waals surface area contributed by atoms with Crippen LogP contribution in [-0.2, 0) is 0 Å². The summed E-state index contributed by atoms with van der Waals surface area (Å²) in [6, 6.07) is 0. The minimum absolute atomic E-state index is 0.889. The van der Waals surface area contributed by atoms with E-state index in [1.54, 1.807) is 11.1 Å². The van der Waals surface area contributed by atoms with Gasteiger partial charge >= 0.3 is 0 Å². The number of rotatable bonds is 0. The van der Waals surface area contributed by atoms with Crippen LogP contribution in [0.1, 0.15) is 32.6 Å². The predicted molar refractivity (Wildman–Crippen MR) is 43.8 cm³/mol. The molecule has 2 aliphatic carbocycles. The Hall–Kier alpha value is -0.520. The summed E-state index contributed by atoms with van der Waals surface area (Å²) in [5.41, 5.74) is 3.40. The normalized spacial score (nSPS) is 31.1. The highest BCUT2D eigenvalue weighted by Gasteiger charge is 2.20. The third kappa shape index (κ3) is 0.828. The Morgan fingerprint density at radius 1 is 1.40 bits per heavy atom. The molecule has 10 heavy (non-hydrogen) atoms. The first-order valence-electron chi connectivity index (χ1n) is 4.26. The van der Waals surface area contributed by atoms with Crippen LogP contribution in [0.25, 0.3) is 0 Å². The van der Waals surface area contributed by atoms with Crippen molar-refractivity contribution in [3.8, 4) is 0 Å². The summed E-state index contributed by atoms with van der Waals surface area (Å²) in [6.07, 6.45) is 10.0. The second-order valence-corrected chi connectivity index (χ2v) is 3.43. The van der Waals surface area contributed by atoms with Gasteiger partial charge in [0.1, 0.15) is 0 Å². The highest BCUT2D eigenvalue weighted by Crippen LogP contribution is 2.37. The van der Waals surface area contributed by atoms with E-state index in [1.165, 1.54) is 25.7 Å². The van der Waals surface area contributed by atoms with Crippen molar-refractivity contribution < 1.29 is 0 Å². The summed E-state index contributed by atoms with van der Waals surface area (Å²) in [7, 11) is 0. The van der Waals surface area contributed by atoms with Crippen LogP contribution >= 0.6 is 0 Å². The van der Waals surface area contributed by atoms with Crippen LogP contribution in [0.15, 0.2) is 23.3 Å². The van der Waals surface area contributed by atoms with Gasteiger partial charge in [0.25, 0.3) is 0 Å². The van der Waals surface area contributed by atoms with Crippen molar-refractivity contribution >= 4 is 0 Å². The first kappa shape index (κ1) is 6.21. The van der Waals surface area contributed by atoms with Crippen LogP contribution in [0.2, 0.25) is 0 Å². The van der Waals surface area contributed by atoms with E-state index in [0.29, 0.717) is 0 Å². The Morgan fingerprint density at radius 3 is 3.10 bits per heavy atom. The molecule has 0 radical (unpaired) electrons. The number of allylic oxidation sites excluding steroid dienone is 4. The molecule has 0 aliphatic heterocycles. The fraction of sp³-hybridized carbons (Fsp3) is 0.600. The van der Waals surface area contributed by atoms with Crippen LogP contribution in [0.4, 0.5) is 0 Å². The Morgan fingerprint density at radius 2 is 2.30 bits per heavy atom. The van der Waals surface area contributed by atoms with Crippen molar-refractivity contribution in [2.45, 2.75) is 32.6 Å². The van der Waals surface area contributed by atoms with Gasteiger partial charge in [0.15, 0.2) is 0 Å². The van der Waals surface area contributed by atoms with Gasteiger partial charge in [-0.25, -0.2) is 0 Å². The molecule has 1 unspecified atom stereocenters. The average Bonchev–Trinajstić information content (AvgIpc) is 2.34. The molecule has 0 nitrogen and oxygen atoms in total. The highest BCUT2D eigenvalue weighted by atomic mass is 14.3. The van der Waals surface area contributed by atoms with E-state index in [9.17, 15) is 0 Å². The molecule has 2 aliphatic rings. The van der Waals surface area contributed by atoms with E-state index in [1.807, 2.05) is 0 Å². The lowest BCUT2D eigenvalue weighted by Crippen LogP contribution is -1.95. The molecule has 0 spiro atoms. The molecule has 1 atom stereocenters. The second kappa shape index (κ2) is 2.26. The molecule has 0 fully saturated rings. The molecule has 0 saturated carbocycles. The van der Waals surface area contributed by atoms with Crippen molar-refractivity contribution in [1.82, 2.24) is 0 Å². The van der Waals surface area contributed by atoms with E-state index in [4.69, 9.17) is 0 Å². The van der Waals surface area contributed by atoms with Crippen LogP contribution in [-0.4, -0.2) is 0 Å². The van der Waals surface area contributed by atoms with Gasteiger partial charge in [-0.2, -0.15) is 0 Å². The molecule has 0 aromatic rings. The van der Waals surface area contributed by atoms with Crippen molar-refractivity contribution in [2.75, 3.05) is 0 Å². The van der Waals surface area contributed by atoms with Gasteiger partial charge in [0.2, 0.25) is 0 Å². The quantitative estimate of drug-likeness (QED) is 0.477. The summed E-state index contributed by atoms with van der Waals surface area (Å²) in [4.78, 5) is 0. The summed E-state index contributed by atoms with van der Waals surface area (Å²) in [5.74, 6) is 0.889. The lowest BCUT2D eigenvalue weighted by Gasteiger charge is -2.11. The molecular formula is C10H14. The summed E-state index contributed by atoms with van der Waals surface area (Å²) < 4.78 is 0. The molecule has 2 rings (SSSR count). The van der Waals surface area contributed by atoms with Gasteiger partial charge in [0, 0.05) is 0 Å². The van der Waals surface area contributed by atoms with Crippen molar-refractivity contribution in [3.63, 3.8) is 0 Å². The zero-order valence-electron chi connectivity index (χ0n) is 6.56. The van der Waals surface area contributed by atoms with Crippen LogP contribution in [0.3, 0.4) is 0 Å². The fourth-order valence-electron chi connectivity index (χ4n) is 2.09. The molecule has 0 amide bonds. The standard InChI is InChI=1S/C10H14/c1-8-6-7-9-4-2-3-5-10(8)9/h2,4,8H,3,5-7H2,1H3. The number of hydrogen-bond acceptors (Lipinski definition) is 0. The monoisotopic (exact) mass is 134 g/mol. The first-order valence-corrected chi connectivity index (χ1v) is 4.26. The van der Waals surface area contributed by atoms with E-state index in [2.05, 4.69) is 19.1 Å². The summed E-state index contributed by atoms with van der Waals surface area (Å²) in [6.45, 7) is 2.36. The molecule has 0 heterocycles. The molecule has 0 heteroatoms. The largest absolute Gasteiger partial charge is 0.0839 e. The molecule has 0 saturated heterocycles. The van der Waals surface area contributed by atoms with Gasteiger partial charge in [0.05, 0.1) is 0 Å². The lowest BCUT2D eigenvalue weighted by molar-refractivity contribution is 0.645. The average molecular weight is 134 g/mol. The highest BCUT2D eigenvalue weighted by molar-refractivity contribution is 5.34. The predicted octanol–water partition coefficient (Wildman–Crippen LogP) is 3.06. The molecular weight excluding hydrogens is 120 g/mol. The topological polar surface area (TPSA) is 0 Å². The maximum atomic E-state index is 2.36. The minimum Gasteiger partial charge on any atom is -0.0839 e. The van der Waals surface area contributed by atoms with E-state index >= 15 is 0 Å². The van der Waals surface area contributed by atoms with Crippen LogP contribution < -0.4 is 0 Å². The van der Waals surface area contributed by atoms with Crippen molar-refractivity contribution in [1.29, 1.82) is 0 Å². The Labute approximate surface area is 62.6 Å². The van der Waals surface area contributed by atoms with Gasteiger partial charge in [-0.15, -0.1) is 0 Å². The van der Waals surface area contributed by atoms with Gasteiger partial charge in [-0.1, -0.05) is 24.6 Å². The third-order valence-corrected chi connectivity index (χ3v) is 2.75. The van der Waals surface area contributed by atoms with Crippen molar-refractivity contribution in [3.05, 3.63) is 23.3 Å². The Bertz CT molecular complexity index is 196. The molecule has 0 bridgehead atoms. The minimum atomic E-state index is 0.889. The van der Waals surface area contributed by atoms with E-state index in [-0.39, 0.29) is 0 Å². The van der Waals surface area contributed by atoms with E-state index in [0.717, 1.165) is 5.92 Å². The van der Waals surface area contributed by atoms with Gasteiger partial charge < -0.3 is 0 Å². The van der Waals surface area contributed by atoms with E-state index < -0.39 is 0 Å². The van der Waals surface area contributed by atoms with Crippen LogP contribution in [0.5, 0.6) is 0 Å². The maximum absolute atomic E-state index is 2.36. The molecule has 0 N–H and O–H groups in total.